The third-order valence-electron chi connectivity index (χ3n) is 7.93. The second kappa shape index (κ2) is 12.2. The van der Waals surface area contributed by atoms with Crippen LogP contribution < -0.4 is 4.74 Å². The first-order valence-electron chi connectivity index (χ1n) is 13.0. The summed E-state index contributed by atoms with van der Waals surface area (Å²) in [5, 5.41) is 0. The van der Waals surface area contributed by atoms with Crippen molar-refractivity contribution in [3.8, 4) is 5.75 Å². The van der Waals surface area contributed by atoms with Gasteiger partial charge in [-0.25, -0.2) is 0 Å². The number of unbranched alkanes of at least 4 members (excludes halogenated alkanes) is 2. The van der Waals surface area contributed by atoms with E-state index in [-0.39, 0.29) is 8.80 Å². The molecule has 2 fully saturated rings. The van der Waals surface area contributed by atoms with Crippen molar-refractivity contribution in [2.75, 3.05) is 0 Å². The van der Waals surface area contributed by atoms with E-state index in [2.05, 4.69) is 45.0 Å². The van der Waals surface area contributed by atoms with Crippen molar-refractivity contribution in [3.63, 3.8) is 0 Å². The van der Waals surface area contributed by atoms with Crippen LogP contribution in [0.2, 0.25) is 18.1 Å². The molecular formula is C27H46OSi. The van der Waals surface area contributed by atoms with Gasteiger partial charge >= 0.3 is 0 Å². The predicted molar refractivity (Wildman–Crippen MR) is 130 cm³/mol. The van der Waals surface area contributed by atoms with Crippen molar-refractivity contribution < 1.29 is 4.74 Å². The summed E-state index contributed by atoms with van der Waals surface area (Å²) in [5.41, 5.74) is 1.55. The van der Waals surface area contributed by atoms with Gasteiger partial charge in [0.15, 0.2) is 0 Å². The molecule has 3 rings (SSSR count). The summed E-state index contributed by atoms with van der Waals surface area (Å²) in [6, 6.07) is 14.1. The van der Waals surface area contributed by atoms with Crippen LogP contribution in [0, 0.1) is 11.8 Å². The third-order valence-corrected chi connectivity index (χ3v) is 11.5. The molecule has 164 valence electrons. The van der Waals surface area contributed by atoms with E-state index in [1.54, 1.807) is 36.5 Å². The van der Waals surface area contributed by atoms with Gasteiger partial charge in [-0.1, -0.05) is 82.6 Å². The second-order valence-electron chi connectivity index (χ2n) is 10.2. The molecule has 0 N–H and O–H groups in total. The lowest BCUT2D eigenvalue weighted by atomic mass is 9.72. The molecule has 2 heteroatoms. The van der Waals surface area contributed by atoms with Crippen molar-refractivity contribution >= 4 is 8.80 Å². The number of hydrogen-bond acceptors (Lipinski definition) is 1. The van der Waals surface area contributed by atoms with Gasteiger partial charge in [-0.3, -0.25) is 0 Å². The monoisotopic (exact) mass is 414 g/mol. The second-order valence-corrected chi connectivity index (χ2v) is 13.6. The topological polar surface area (TPSA) is 9.23 Å². The summed E-state index contributed by atoms with van der Waals surface area (Å²) in [4.78, 5) is 0. The highest BCUT2D eigenvalue weighted by atomic mass is 28.3. The van der Waals surface area contributed by atoms with E-state index >= 15 is 0 Å². The van der Waals surface area contributed by atoms with Gasteiger partial charge in [0.1, 0.15) is 5.75 Å². The fourth-order valence-corrected chi connectivity index (χ4v) is 9.60. The van der Waals surface area contributed by atoms with Gasteiger partial charge in [0, 0.05) is 8.80 Å². The van der Waals surface area contributed by atoms with Crippen LogP contribution in [0.5, 0.6) is 5.75 Å². The largest absolute Gasteiger partial charge is 0.491 e. The maximum atomic E-state index is 6.04. The molecule has 1 aromatic rings. The Kier molecular flexibility index (Phi) is 9.62. The van der Waals surface area contributed by atoms with Crippen LogP contribution in [0.25, 0.3) is 0 Å². The van der Waals surface area contributed by atoms with Crippen LogP contribution in [-0.2, 0) is 0 Å². The van der Waals surface area contributed by atoms with Crippen LogP contribution >= 0.6 is 0 Å². The summed E-state index contributed by atoms with van der Waals surface area (Å²) in [5.74, 6) is 3.94. The van der Waals surface area contributed by atoms with E-state index < -0.39 is 0 Å². The quantitative estimate of drug-likeness (QED) is 0.276. The smallest absolute Gasteiger partial charge is 0.119 e. The van der Waals surface area contributed by atoms with E-state index in [1.165, 1.54) is 51.4 Å². The van der Waals surface area contributed by atoms with E-state index in [0.717, 1.165) is 29.9 Å². The van der Waals surface area contributed by atoms with Crippen LogP contribution in [0.3, 0.4) is 0 Å². The Bertz CT molecular complexity index is 552. The summed E-state index contributed by atoms with van der Waals surface area (Å²) < 4.78 is 6.04. The van der Waals surface area contributed by atoms with E-state index in [1.807, 2.05) is 0 Å². The molecule has 1 saturated heterocycles. The molecule has 29 heavy (non-hydrogen) atoms. The van der Waals surface area contributed by atoms with E-state index in [4.69, 9.17) is 4.74 Å². The molecule has 0 spiro atoms. The Morgan fingerprint density at radius 1 is 0.862 bits per heavy atom. The van der Waals surface area contributed by atoms with Crippen molar-refractivity contribution in [3.05, 3.63) is 29.8 Å². The molecule has 1 heterocycles. The Morgan fingerprint density at radius 3 is 2.14 bits per heavy atom. The van der Waals surface area contributed by atoms with Crippen LogP contribution in [0.1, 0.15) is 103 Å². The Morgan fingerprint density at radius 2 is 1.52 bits per heavy atom. The number of hydrogen-bond donors (Lipinski definition) is 0. The summed E-state index contributed by atoms with van der Waals surface area (Å²) in [6.45, 7) is 6.74. The Balaban J connectivity index is 1.39. The van der Waals surface area contributed by atoms with Gasteiger partial charge < -0.3 is 4.74 Å². The highest BCUT2D eigenvalue weighted by molar-refractivity contribution is 6.58. The minimum absolute atomic E-state index is 0.325. The number of ether oxygens (including phenoxy) is 1. The molecule has 1 unspecified atom stereocenters. The van der Waals surface area contributed by atoms with Gasteiger partial charge in [0.05, 0.1) is 6.10 Å². The zero-order valence-electron chi connectivity index (χ0n) is 19.5. The lowest BCUT2D eigenvalue weighted by molar-refractivity contribution is 0.209. The van der Waals surface area contributed by atoms with Crippen molar-refractivity contribution in [1.82, 2.24) is 0 Å². The zero-order chi connectivity index (χ0) is 20.5. The fraction of sp³-hybridized carbons (Fsp3) is 0.778. The first-order chi connectivity index (χ1) is 14.2. The molecule has 1 aliphatic heterocycles. The number of benzene rings is 1. The standard InChI is InChI=1S/C27H46OSi/c1-4-6-7-19-29-20-17-26(18-21-29)24-11-9-23(10-12-24)25-13-15-27(16-14-25)28-22(3)8-5-2/h13-16,22-24,26,29H,4-12,17-21H2,1-3H3. The average molecular weight is 415 g/mol. The highest BCUT2D eigenvalue weighted by Crippen LogP contribution is 2.43. The minimum Gasteiger partial charge on any atom is -0.491 e. The molecule has 0 amide bonds. The molecule has 1 saturated carbocycles. The molecule has 1 aliphatic carbocycles. The summed E-state index contributed by atoms with van der Waals surface area (Å²) >= 11 is 0. The molecule has 1 aromatic carbocycles. The van der Waals surface area contributed by atoms with Gasteiger partial charge in [0.25, 0.3) is 0 Å². The molecule has 0 aromatic heterocycles. The molecule has 0 bridgehead atoms. The third kappa shape index (κ3) is 7.16. The van der Waals surface area contributed by atoms with Gasteiger partial charge in [-0.05, 0) is 74.5 Å². The van der Waals surface area contributed by atoms with Gasteiger partial charge in [-0.2, -0.15) is 0 Å². The lowest BCUT2D eigenvalue weighted by Crippen LogP contribution is -2.28. The van der Waals surface area contributed by atoms with Crippen molar-refractivity contribution in [2.24, 2.45) is 11.8 Å². The molecule has 0 radical (unpaired) electrons. The van der Waals surface area contributed by atoms with Crippen LogP contribution in [0.4, 0.5) is 0 Å². The fourth-order valence-electron chi connectivity index (χ4n) is 6.07. The molecular weight excluding hydrogens is 368 g/mol. The number of rotatable bonds is 10. The van der Waals surface area contributed by atoms with Crippen molar-refractivity contribution in [2.45, 2.75) is 122 Å². The summed E-state index contributed by atoms with van der Waals surface area (Å²) in [7, 11) is -0.344. The van der Waals surface area contributed by atoms with E-state index in [9.17, 15) is 0 Å². The lowest BCUT2D eigenvalue weighted by Gasteiger charge is -2.37. The molecule has 1 atom stereocenters. The molecule has 2 aliphatic rings. The normalized spacial score (nSPS) is 28.8. The maximum Gasteiger partial charge on any atom is 0.119 e. The minimum atomic E-state index is -0.344. The summed E-state index contributed by atoms with van der Waals surface area (Å²) in [6.07, 6.45) is 16.0. The first kappa shape index (κ1) is 22.9. The SMILES string of the molecule is CCCCC[SiH]1CCC(C2CCC(c3ccc(OC(C)CCC)cc3)CC2)CC1. The Labute approximate surface area is 182 Å². The van der Waals surface area contributed by atoms with Crippen LogP contribution in [0.15, 0.2) is 24.3 Å². The van der Waals surface area contributed by atoms with E-state index in [0.29, 0.717) is 6.10 Å². The average Bonchev–Trinajstić information content (AvgIpc) is 2.75. The first-order valence-corrected chi connectivity index (χ1v) is 15.4. The van der Waals surface area contributed by atoms with Crippen LogP contribution in [-0.4, -0.2) is 14.9 Å². The van der Waals surface area contributed by atoms with Gasteiger partial charge in [0.2, 0.25) is 0 Å². The zero-order valence-corrected chi connectivity index (χ0v) is 20.7. The predicted octanol–water partition coefficient (Wildman–Crippen LogP) is 8.36. The highest BCUT2D eigenvalue weighted by Gasteiger charge is 2.31. The van der Waals surface area contributed by atoms with Gasteiger partial charge in [-0.15, -0.1) is 0 Å². The Hall–Kier alpha value is -0.763. The van der Waals surface area contributed by atoms with Crippen molar-refractivity contribution in [1.29, 1.82) is 0 Å². The maximum absolute atomic E-state index is 6.04. The molecule has 1 nitrogen and oxygen atoms in total.